The van der Waals surface area contributed by atoms with Gasteiger partial charge in [-0.1, -0.05) is 18.5 Å². The van der Waals surface area contributed by atoms with Crippen molar-refractivity contribution in [2.75, 3.05) is 23.3 Å². The van der Waals surface area contributed by atoms with Gasteiger partial charge in [-0.2, -0.15) is 0 Å². The average molecular weight is 265 g/mol. The summed E-state index contributed by atoms with van der Waals surface area (Å²) in [4.78, 5) is 25.1. The molecule has 1 amide bonds. The third-order valence-electron chi connectivity index (χ3n) is 3.55. The molecule has 2 aliphatic rings. The third-order valence-corrected chi connectivity index (χ3v) is 3.85. The zero-order valence-corrected chi connectivity index (χ0v) is 10.8. The van der Waals surface area contributed by atoms with E-state index < -0.39 is 11.7 Å². The summed E-state index contributed by atoms with van der Waals surface area (Å²) >= 11 is 6.22. The molecule has 18 heavy (non-hydrogen) atoms. The average Bonchev–Trinajstić information content (AvgIpc) is 2.86. The van der Waals surface area contributed by atoms with Crippen LogP contribution in [-0.2, 0) is 4.79 Å². The van der Waals surface area contributed by atoms with Crippen LogP contribution in [0.15, 0.2) is 12.1 Å². The van der Waals surface area contributed by atoms with E-state index >= 15 is 0 Å². The molecule has 1 N–H and O–H groups in total. The van der Waals surface area contributed by atoms with Crippen LogP contribution in [0.2, 0.25) is 5.02 Å². The van der Waals surface area contributed by atoms with Gasteiger partial charge in [0, 0.05) is 13.1 Å². The fourth-order valence-electron chi connectivity index (χ4n) is 2.55. The Bertz CT molecular complexity index is 556. The number of amides is 1. The summed E-state index contributed by atoms with van der Waals surface area (Å²) in [5.74, 6) is -0.438. The number of carbonyl (C=O) groups is 2. The smallest absolute Gasteiger partial charge is 0.296 e. The van der Waals surface area contributed by atoms with Crippen molar-refractivity contribution in [1.82, 2.24) is 0 Å². The van der Waals surface area contributed by atoms with E-state index in [0.29, 0.717) is 22.2 Å². The van der Waals surface area contributed by atoms with Gasteiger partial charge in [0.15, 0.2) is 0 Å². The second-order valence-corrected chi connectivity index (χ2v) is 5.38. The lowest BCUT2D eigenvalue weighted by Crippen LogP contribution is -2.19. The number of fused-ring (bicyclic) bond motifs is 1. The first-order chi connectivity index (χ1) is 8.56. The third kappa shape index (κ3) is 1.68. The number of carbonyl (C=O) groups excluding carboxylic acids is 2. The Morgan fingerprint density at radius 3 is 2.83 bits per heavy atom. The van der Waals surface area contributed by atoms with Gasteiger partial charge in [-0.3, -0.25) is 9.59 Å². The fourth-order valence-corrected chi connectivity index (χ4v) is 2.83. The second kappa shape index (κ2) is 3.99. The molecule has 1 saturated heterocycles. The molecule has 2 heterocycles. The maximum absolute atomic E-state index is 11.5. The Morgan fingerprint density at radius 2 is 2.17 bits per heavy atom. The van der Waals surface area contributed by atoms with Crippen LogP contribution in [0.25, 0.3) is 0 Å². The number of anilines is 2. The molecule has 1 unspecified atom stereocenters. The molecule has 1 aromatic rings. The number of ketones is 1. The minimum Gasteiger partial charge on any atom is -0.370 e. The summed E-state index contributed by atoms with van der Waals surface area (Å²) in [5, 5.41) is 3.11. The summed E-state index contributed by atoms with van der Waals surface area (Å²) < 4.78 is 0. The quantitative estimate of drug-likeness (QED) is 0.792. The summed E-state index contributed by atoms with van der Waals surface area (Å²) in [7, 11) is 0. The van der Waals surface area contributed by atoms with Crippen LogP contribution in [0.4, 0.5) is 11.4 Å². The molecule has 0 radical (unpaired) electrons. The number of hydrogen-bond donors (Lipinski definition) is 1. The van der Waals surface area contributed by atoms with Crippen LogP contribution in [0.5, 0.6) is 0 Å². The Morgan fingerprint density at radius 1 is 1.39 bits per heavy atom. The molecule has 0 aliphatic carbocycles. The molecule has 0 aromatic heterocycles. The van der Waals surface area contributed by atoms with Gasteiger partial charge < -0.3 is 10.2 Å². The minimum atomic E-state index is -0.576. The normalized spacial score (nSPS) is 22.3. The van der Waals surface area contributed by atoms with E-state index in [2.05, 4.69) is 17.1 Å². The molecular formula is C13H13ClN2O2. The predicted octanol–water partition coefficient (Wildman–Crippen LogP) is 2.32. The number of rotatable bonds is 1. The standard InChI is InChI=1S/C13H13ClN2O2/c1-7-2-3-16(6-7)11-5-10-8(4-9(11)14)12(17)13(18)15-10/h4-5,7H,2-3,6H2,1H3,(H,15,17,18). The van der Waals surface area contributed by atoms with Crippen LogP contribution in [-0.4, -0.2) is 24.8 Å². The second-order valence-electron chi connectivity index (χ2n) is 4.97. The van der Waals surface area contributed by atoms with E-state index in [0.717, 1.165) is 25.2 Å². The SMILES string of the molecule is CC1CCN(c2cc3c(cc2Cl)C(=O)C(=O)N3)C1. The molecule has 4 nitrogen and oxygen atoms in total. The monoisotopic (exact) mass is 264 g/mol. The van der Waals surface area contributed by atoms with E-state index in [1.165, 1.54) is 0 Å². The lowest BCUT2D eigenvalue weighted by molar-refractivity contribution is -0.112. The number of hydrogen-bond acceptors (Lipinski definition) is 3. The van der Waals surface area contributed by atoms with Gasteiger partial charge in [-0.25, -0.2) is 0 Å². The summed E-state index contributed by atoms with van der Waals surface area (Å²) in [6.45, 7) is 4.12. The molecule has 1 atom stereocenters. The zero-order chi connectivity index (χ0) is 12.9. The van der Waals surface area contributed by atoms with Gasteiger partial charge in [-0.05, 0) is 24.5 Å². The van der Waals surface area contributed by atoms with Crippen molar-refractivity contribution in [2.24, 2.45) is 5.92 Å². The number of halogens is 1. The van der Waals surface area contributed by atoms with Crippen LogP contribution in [0, 0.1) is 5.92 Å². The maximum Gasteiger partial charge on any atom is 0.296 e. The molecule has 0 saturated carbocycles. The van der Waals surface area contributed by atoms with Crippen molar-refractivity contribution in [3.8, 4) is 0 Å². The highest BCUT2D eigenvalue weighted by Crippen LogP contribution is 2.37. The number of nitrogens with one attached hydrogen (secondary N) is 1. The first kappa shape index (κ1) is 11.5. The Labute approximate surface area is 110 Å². The molecule has 94 valence electrons. The molecule has 3 rings (SSSR count). The highest BCUT2D eigenvalue weighted by Gasteiger charge is 2.30. The molecular weight excluding hydrogens is 252 g/mol. The lowest BCUT2D eigenvalue weighted by atomic mass is 10.1. The summed E-state index contributed by atoms with van der Waals surface area (Å²) in [6.07, 6.45) is 1.14. The summed E-state index contributed by atoms with van der Waals surface area (Å²) in [5.41, 5.74) is 1.85. The van der Waals surface area contributed by atoms with Gasteiger partial charge in [0.25, 0.3) is 11.7 Å². The fraction of sp³-hybridized carbons (Fsp3) is 0.385. The van der Waals surface area contributed by atoms with Crippen LogP contribution in [0.1, 0.15) is 23.7 Å². The van der Waals surface area contributed by atoms with E-state index in [4.69, 9.17) is 11.6 Å². The van der Waals surface area contributed by atoms with Gasteiger partial charge in [0.05, 0.1) is 22.0 Å². The first-order valence-corrected chi connectivity index (χ1v) is 6.38. The van der Waals surface area contributed by atoms with Crippen molar-refractivity contribution >= 4 is 34.7 Å². The Balaban J connectivity index is 2.01. The lowest BCUT2D eigenvalue weighted by Gasteiger charge is -2.20. The van der Waals surface area contributed by atoms with Crippen molar-refractivity contribution < 1.29 is 9.59 Å². The molecule has 0 bridgehead atoms. The van der Waals surface area contributed by atoms with Crippen molar-refractivity contribution in [2.45, 2.75) is 13.3 Å². The number of benzene rings is 1. The minimum absolute atomic E-state index is 0.376. The topological polar surface area (TPSA) is 49.4 Å². The molecule has 1 aromatic carbocycles. The van der Waals surface area contributed by atoms with Gasteiger partial charge in [0.1, 0.15) is 0 Å². The van der Waals surface area contributed by atoms with Crippen molar-refractivity contribution in [3.05, 3.63) is 22.7 Å². The highest BCUT2D eigenvalue weighted by atomic mass is 35.5. The molecule has 0 spiro atoms. The van der Waals surface area contributed by atoms with E-state index in [1.54, 1.807) is 12.1 Å². The van der Waals surface area contributed by atoms with Gasteiger partial charge in [-0.15, -0.1) is 0 Å². The molecule has 2 aliphatic heterocycles. The summed E-state index contributed by atoms with van der Waals surface area (Å²) in [6, 6.07) is 3.40. The first-order valence-electron chi connectivity index (χ1n) is 6.00. The van der Waals surface area contributed by atoms with E-state index in [-0.39, 0.29) is 0 Å². The van der Waals surface area contributed by atoms with Crippen LogP contribution >= 0.6 is 11.6 Å². The van der Waals surface area contributed by atoms with Crippen molar-refractivity contribution in [3.63, 3.8) is 0 Å². The maximum atomic E-state index is 11.5. The molecule has 5 heteroatoms. The van der Waals surface area contributed by atoms with Crippen LogP contribution in [0.3, 0.4) is 0 Å². The Hall–Kier alpha value is -1.55. The van der Waals surface area contributed by atoms with Crippen molar-refractivity contribution in [1.29, 1.82) is 0 Å². The highest BCUT2D eigenvalue weighted by molar-refractivity contribution is 6.52. The van der Waals surface area contributed by atoms with Crippen LogP contribution < -0.4 is 10.2 Å². The van der Waals surface area contributed by atoms with Gasteiger partial charge >= 0.3 is 0 Å². The van der Waals surface area contributed by atoms with E-state index in [1.807, 2.05) is 0 Å². The molecule has 1 fully saturated rings. The Kier molecular flexibility index (Phi) is 2.55. The number of Topliss-reactive ketones (excluding diaryl/α,β-unsaturated/α-hetero) is 1. The zero-order valence-electron chi connectivity index (χ0n) is 10.00. The largest absolute Gasteiger partial charge is 0.370 e. The van der Waals surface area contributed by atoms with Gasteiger partial charge in [0.2, 0.25) is 0 Å². The van der Waals surface area contributed by atoms with E-state index in [9.17, 15) is 9.59 Å². The predicted molar refractivity (Wildman–Crippen MR) is 70.4 cm³/mol. The number of nitrogens with zero attached hydrogens (tertiary/aromatic N) is 1.